The lowest BCUT2D eigenvalue weighted by Gasteiger charge is -2.13. The normalized spacial score (nSPS) is 14.5. The number of hydrogen-bond donors (Lipinski definition) is 1. The van der Waals surface area contributed by atoms with Gasteiger partial charge in [-0.25, -0.2) is 0 Å². The predicted molar refractivity (Wildman–Crippen MR) is 46.8 cm³/mol. The third kappa shape index (κ3) is 3.00. The summed E-state index contributed by atoms with van der Waals surface area (Å²) in [7, 11) is 0. The lowest BCUT2D eigenvalue weighted by molar-refractivity contribution is -0.147. The van der Waals surface area contributed by atoms with Gasteiger partial charge in [-0.15, -0.1) is 11.3 Å². The standard InChI is InChI=1S/C8H10F3NS/c1-5-2-6(13-4-5)3-7(12)8(9,10)11/h2,4,7H,3,12H2,1H3. The molecular formula is C8H10F3NS. The van der Waals surface area contributed by atoms with Crippen LogP contribution in [0.4, 0.5) is 13.2 Å². The summed E-state index contributed by atoms with van der Waals surface area (Å²) in [6.07, 6.45) is -4.42. The molecule has 1 rings (SSSR count). The molecule has 0 aliphatic rings. The Hall–Kier alpha value is -0.550. The van der Waals surface area contributed by atoms with Crippen molar-refractivity contribution >= 4 is 11.3 Å². The molecule has 0 bridgehead atoms. The average molecular weight is 209 g/mol. The first kappa shape index (κ1) is 10.5. The Bertz CT molecular complexity index is 279. The monoisotopic (exact) mass is 209 g/mol. The van der Waals surface area contributed by atoms with Crippen molar-refractivity contribution in [2.45, 2.75) is 25.6 Å². The maximum Gasteiger partial charge on any atom is 0.403 e. The van der Waals surface area contributed by atoms with E-state index in [-0.39, 0.29) is 6.42 Å². The summed E-state index contributed by atoms with van der Waals surface area (Å²) in [6, 6.07) is -0.0125. The minimum atomic E-state index is -4.29. The van der Waals surface area contributed by atoms with Crippen molar-refractivity contribution in [1.29, 1.82) is 0 Å². The molecule has 1 aromatic rings. The van der Waals surface area contributed by atoms with E-state index in [0.29, 0.717) is 4.88 Å². The highest BCUT2D eigenvalue weighted by atomic mass is 32.1. The lowest BCUT2D eigenvalue weighted by atomic mass is 10.2. The van der Waals surface area contributed by atoms with E-state index >= 15 is 0 Å². The second-order valence-electron chi connectivity index (χ2n) is 2.94. The molecule has 1 heterocycles. The van der Waals surface area contributed by atoms with Gasteiger partial charge in [0.05, 0.1) is 0 Å². The summed E-state index contributed by atoms with van der Waals surface area (Å²) in [4.78, 5) is 0.683. The van der Waals surface area contributed by atoms with Gasteiger partial charge in [-0.05, 0) is 23.9 Å². The first-order valence-electron chi connectivity index (χ1n) is 3.76. The molecule has 0 spiro atoms. The highest BCUT2D eigenvalue weighted by Crippen LogP contribution is 2.23. The van der Waals surface area contributed by atoms with Crippen LogP contribution in [-0.2, 0) is 6.42 Å². The molecule has 1 aromatic heterocycles. The highest BCUT2D eigenvalue weighted by Gasteiger charge is 2.36. The van der Waals surface area contributed by atoms with E-state index in [1.165, 1.54) is 11.3 Å². The highest BCUT2D eigenvalue weighted by molar-refractivity contribution is 7.10. The van der Waals surface area contributed by atoms with E-state index in [2.05, 4.69) is 0 Å². The molecule has 0 aliphatic heterocycles. The van der Waals surface area contributed by atoms with Gasteiger partial charge in [0.25, 0.3) is 0 Å². The summed E-state index contributed by atoms with van der Waals surface area (Å²) >= 11 is 1.31. The van der Waals surface area contributed by atoms with Crippen LogP contribution in [0.5, 0.6) is 0 Å². The van der Waals surface area contributed by atoms with Gasteiger partial charge in [0.15, 0.2) is 0 Å². The molecule has 0 amide bonds. The Morgan fingerprint density at radius 3 is 2.54 bits per heavy atom. The van der Waals surface area contributed by atoms with Gasteiger partial charge in [0, 0.05) is 11.3 Å². The van der Waals surface area contributed by atoms with Crippen LogP contribution in [0.25, 0.3) is 0 Å². The number of thiophene rings is 1. The second kappa shape index (κ2) is 3.67. The number of rotatable bonds is 2. The van der Waals surface area contributed by atoms with Crippen molar-refractivity contribution in [3.05, 3.63) is 21.9 Å². The zero-order chi connectivity index (χ0) is 10.1. The lowest BCUT2D eigenvalue weighted by Crippen LogP contribution is -2.38. The van der Waals surface area contributed by atoms with Crippen LogP contribution in [0.2, 0.25) is 0 Å². The first-order chi connectivity index (χ1) is 5.89. The van der Waals surface area contributed by atoms with Gasteiger partial charge in [-0.2, -0.15) is 13.2 Å². The van der Waals surface area contributed by atoms with Crippen LogP contribution >= 0.6 is 11.3 Å². The molecule has 0 aliphatic carbocycles. The third-order valence-electron chi connectivity index (χ3n) is 1.63. The summed E-state index contributed by atoms with van der Waals surface area (Å²) < 4.78 is 36.1. The smallest absolute Gasteiger partial charge is 0.320 e. The second-order valence-corrected chi connectivity index (χ2v) is 3.94. The Balaban J connectivity index is 2.60. The van der Waals surface area contributed by atoms with E-state index in [1.54, 1.807) is 6.07 Å². The van der Waals surface area contributed by atoms with Gasteiger partial charge in [0.2, 0.25) is 0 Å². The quantitative estimate of drug-likeness (QED) is 0.795. The third-order valence-corrected chi connectivity index (χ3v) is 2.70. The number of hydrogen-bond acceptors (Lipinski definition) is 2. The van der Waals surface area contributed by atoms with Crippen LogP contribution in [-0.4, -0.2) is 12.2 Å². The fraction of sp³-hybridized carbons (Fsp3) is 0.500. The molecule has 1 unspecified atom stereocenters. The minimum Gasteiger partial charge on any atom is -0.320 e. The van der Waals surface area contributed by atoms with E-state index in [9.17, 15) is 13.2 Å². The van der Waals surface area contributed by atoms with E-state index in [0.717, 1.165) is 5.56 Å². The molecule has 0 fully saturated rings. The van der Waals surface area contributed by atoms with E-state index < -0.39 is 12.2 Å². The number of aryl methyl sites for hydroxylation is 1. The molecule has 0 saturated heterocycles. The van der Waals surface area contributed by atoms with Crippen LogP contribution in [0.15, 0.2) is 11.4 Å². The average Bonchev–Trinajstić information content (AvgIpc) is 2.33. The van der Waals surface area contributed by atoms with Gasteiger partial charge in [0.1, 0.15) is 6.04 Å². The summed E-state index contributed by atoms with van der Waals surface area (Å²) in [5.41, 5.74) is 5.95. The molecule has 2 N–H and O–H groups in total. The molecule has 74 valence electrons. The maximum atomic E-state index is 12.0. The van der Waals surface area contributed by atoms with E-state index in [1.807, 2.05) is 12.3 Å². The molecule has 0 radical (unpaired) electrons. The maximum absolute atomic E-state index is 12.0. The predicted octanol–water partition coefficient (Wildman–Crippen LogP) is 2.49. The molecular weight excluding hydrogens is 199 g/mol. The fourth-order valence-corrected chi connectivity index (χ4v) is 1.87. The summed E-state index contributed by atoms with van der Waals surface area (Å²) in [6.45, 7) is 1.85. The largest absolute Gasteiger partial charge is 0.403 e. The molecule has 5 heteroatoms. The molecule has 0 saturated carbocycles. The first-order valence-corrected chi connectivity index (χ1v) is 4.64. The zero-order valence-electron chi connectivity index (χ0n) is 7.06. The van der Waals surface area contributed by atoms with Crippen molar-refractivity contribution in [3.63, 3.8) is 0 Å². The van der Waals surface area contributed by atoms with Gasteiger partial charge in [-0.1, -0.05) is 0 Å². The number of alkyl halides is 3. The molecule has 1 nitrogen and oxygen atoms in total. The molecule has 1 atom stereocenters. The van der Waals surface area contributed by atoms with E-state index in [4.69, 9.17) is 5.73 Å². The summed E-state index contributed by atoms with van der Waals surface area (Å²) in [5, 5.41) is 1.82. The number of halogens is 3. The van der Waals surface area contributed by atoms with Crippen molar-refractivity contribution in [3.8, 4) is 0 Å². The van der Waals surface area contributed by atoms with Crippen LogP contribution < -0.4 is 5.73 Å². The van der Waals surface area contributed by atoms with Crippen molar-refractivity contribution in [2.24, 2.45) is 5.73 Å². The van der Waals surface area contributed by atoms with Gasteiger partial charge < -0.3 is 5.73 Å². The molecule has 0 aromatic carbocycles. The Morgan fingerprint density at radius 2 is 2.15 bits per heavy atom. The topological polar surface area (TPSA) is 26.0 Å². The Morgan fingerprint density at radius 1 is 1.54 bits per heavy atom. The zero-order valence-corrected chi connectivity index (χ0v) is 7.88. The Kier molecular flexibility index (Phi) is 2.98. The SMILES string of the molecule is Cc1csc(CC(N)C(F)(F)F)c1. The molecule has 13 heavy (non-hydrogen) atoms. The number of nitrogens with two attached hydrogens (primary N) is 1. The van der Waals surface area contributed by atoms with Crippen LogP contribution in [0.3, 0.4) is 0 Å². The van der Waals surface area contributed by atoms with Gasteiger partial charge in [-0.3, -0.25) is 0 Å². The van der Waals surface area contributed by atoms with Gasteiger partial charge >= 0.3 is 6.18 Å². The summed E-state index contributed by atoms with van der Waals surface area (Å²) in [5.74, 6) is 0. The van der Waals surface area contributed by atoms with Crippen LogP contribution in [0.1, 0.15) is 10.4 Å². The van der Waals surface area contributed by atoms with Crippen molar-refractivity contribution < 1.29 is 13.2 Å². The Labute approximate surface area is 78.4 Å². The minimum absolute atomic E-state index is 0.123. The van der Waals surface area contributed by atoms with Crippen molar-refractivity contribution in [1.82, 2.24) is 0 Å². The van der Waals surface area contributed by atoms with Crippen molar-refractivity contribution in [2.75, 3.05) is 0 Å². The van der Waals surface area contributed by atoms with Crippen LogP contribution in [0, 0.1) is 6.92 Å². The fourth-order valence-electron chi connectivity index (χ4n) is 0.930.